The van der Waals surface area contributed by atoms with Crippen molar-refractivity contribution in [3.63, 3.8) is 0 Å². The predicted molar refractivity (Wildman–Crippen MR) is 76.6 cm³/mol. The van der Waals surface area contributed by atoms with Gasteiger partial charge in [0.15, 0.2) is 0 Å². The van der Waals surface area contributed by atoms with E-state index in [2.05, 4.69) is 9.55 Å². The van der Waals surface area contributed by atoms with Crippen molar-refractivity contribution >= 4 is 22.6 Å². The summed E-state index contributed by atoms with van der Waals surface area (Å²) in [5.74, 6) is 1.25. The third kappa shape index (κ3) is 2.29. The van der Waals surface area contributed by atoms with E-state index in [1.54, 1.807) is 12.1 Å². The zero-order valence-electron chi connectivity index (χ0n) is 10.5. The number of benzene rings is 2. The van der Waals surface area contributed by atoms with E-state index < -0.39 is 0 Å². The van der Waals surface area contributed by atoms with Gasteiger partial charge in [-0.1, -0.05) is 23.7 Å². The van der Waals surface area contributed by atoms with Gasteiger partial charge in [0.1, 0.15) is 11.6 Å². The van der Waals surface area contributed by atoms with Crippen molar-refractivity contribution in [2.24, 2.45) is 7.05 Å². The molecular formula is C15H13ClN2O. The number of aryl methyl sites for hydroxylation is 1. The maximum atomic E-state index is 9.29. The summed E-state index contributed by atoms with van der Waals surface area (Å²) in [4.78, 5) is 4.61. The molecule has 0 saturated carbocycles. The Kier molecular flexibility index (Phi) is 2.91. The lowest BCUT2D eigenvalue weighted by Gasteiger charge is -2.03. The second-order valence-corrected chi connectivity index (χ2v) is 5.00. The van der Waals surface area contributed by atoms with Gasteiger partial charge in [0, 0.05) is 18.5 Å². The first-order chi connectivity index (χ1) is 9.13. The zero-order chi connectivity index (χ0) is 13.4. The molecule has 0 bridgehead atoms. The van der Waals surface area contributed by atoms with E-state index >= 15 is 0 Å². The fourth-order valence-corrected chi connectivity index (χ4v) is 2.34. The Labute approximate surface area is 116 Å². The summed E-state index contributed by atoms with van der Waals surface area (Å²) in [6.45, 7) is 0. The highest BCUT2D eigenvalue weighted by Crippen LogP contribution is 2.21. The van der Waals surface area contributed by atoms with Crippen LogP contribution >= 0.6 is 11.6 Å². The minimum absolute atomic E-state index is 0.278. The summed E-state index contributed by atoms with van der Waals surface area (Å²) in [6.07, 6.45) is 0.725. The van der Waals surface area contributed by atoms with Gasteiger partial charge in [-0.3, -0.25) is 0 Å². The van der Waals surface area contributed by atoms with Crippen LogP contribution < -0.4 is 0 Å². The van der Waals surface area contributed by atoms with Gasteiger partial charge >= 0.3 is 0 Å². The Morgan fingerprint density at radius 1 is 1.16 bits per heavy atom. The van der Waals surface area contributed by atoms with Gasteiger partial charge in [0.05, 0.1) is 11.0 Å². The van der Waals surface area contributed by atoms with Gasteiger partial charge < -0.3 is 9.67 Å². The summed E-state index contributed by atoms with van der Waals surface area (Å²) in [6, 6.07) is 12.9. The average Bonchev–Trinajstić information content (AvgIpc) is 2.68. The first-order valence-corrected chi connectivity index (χ1v) is 6.40. The number of nitrogens with zero attached hydrogens (tertiary/aromatic N) is 2. The molecule has 0 unspecified atom stereocenters. The SMILES string of the molecule is Cn1c(Cc2ccc(O)cc2)nc2cc(Cl)ccc21. The Hall–Kier alpha value is -2.00. The van der Waals surface area contributed by atoms with E-state index in [0.717, 1.165) is 28.8 Å². The van der Waals surface area contributed by atoms with Crippen molar-refractivity contribution in [2.75, 3.05) is 0 Å². The lowest BCUT2D eigenvalue weighted by atomic mass is 10.1. The summed E-state index contributed by atoms with van der Waals surface area (Å²) in [7, 11) is 2.00. The van der Waals surface area contributed by atoms with E-state index in [0.29, 0.717) is 5.02 Å². The second-order valence-electron chi connectivity index (χ2n) is 4.56. The third-order valence-corrected chi connectivity index (χ3v) is 3.47. The molecule has 96 valence electrons. The Morgan fingerprint density at radius 3 is 2.63 bits per heavy atom. The predicted octanol–water partition coefficient (Wildman–Crippen LogP) is 3.52. The highest BCUT2D eigenvalue weighted by molar-refractivity contribution is 6.31. The smallest absolute Gasteiger partial charge is 0.115 e. The molecule has 1 aromatic heterocycles. The number of aromatic nitrogens is 2. The van der Waals surface area contributed by atoms with Crippen molar-refractivity contribution in [1.29, 1.82) is 0 Å². The molecule has 19 heavy (non-hydrogen) atoms. The Morgan fingerprint density at radius 2 is 1.89 bits per heavy atom. The number of hydrogen-bond donors (Lipinski definition) is 1. The maximum Gasteiger partial charge on any atom is 0.115 e. The third-order valence-electron chi connectivity index (χ3n) is 3.23. The molecule has 0 aliphatic rings. The van der Waals surface area contributed by atoms with Gasteiger partial charge in [-0.05, 0) is 35.9 Å². The van der Waals surface area contributed by atoms with Crippen LogP contribution in [0.4, 0.5) is 0 Å². The molecule has 0 aliphatic carbocycles. The van der Waals surface area contributed by atoms with Gasteiger partial charge in [-0.25, -0.2) is 4.98 Å². The van der Waals surface area contributed by atoms with Crippen molar-refractivity contribution in [3.05, 3.63) is 58.9 Å². The van der Waals surface area contributed by atoms with Crippen LogP contribution in [-0.2, 0) is 13.5 Å². The number of aromatic hydroxyl groups is 1. The van der Waals surface area contributed by atoms with E-state index in [4.69, 9.17) is 11.6 Å². The van der Waals surface area contributed by atoms with Crippen LogP contribution in [0.1, 0.15) is 11.4 Å². The first kappa shape index (κ1) is 12.1. The van der Waals surface area contributed by atoms with Crippen LogP contribution in [0.15, 0.2) is 42.5 Å². The summed E-state index contributed by atoms with van der Waals surface area (Å²) in [5, 5.41) is 9.98. The van der Waals surface area contributed by atoms with Gasteiger partial charge in [-0.2, -0.15) is 0 Å². The second kappa shape index (κ2) is 4.59. The van der Waals surface area contributed by atoms with Crippen LogP contribution in [0.25, 0.3) is 11.0 Å². The molecule has 3 aromatic rings. The monoisotopic (exact) mass is 272 g/mol. The molecule has 3 rings (SSSR count). The lowest BCUT2D eigenvalue weighted by molar-refractivity contribution is 0.475. The van der Waals surface area contributed by atoms with Crippen LogP contribution in [0.2, 0.25) is 5.02 Å². The standard InChI is InChI=1S/C15H13ClN2O/c1-18-14-7-4-11(16)9-13(14)17-15(18)8-10-2-5-12(19)6-3-10/h2-7,9,19H,8H2,1H3. The molecule has 1 heterocycles. The van der Waals surface area contributed by atoms with Crippen molar-refractivity contribution in [3.8, 4) is 5.75 Å². The highest BCUT2D eigenvalue weighted by atomic mass is 35.5. The topological polar surface area (TPSA) is 38.0 Å². The molecule has 4 heteroatoms. The number of hydrogen-bond acceptors (Lipinski definition) is 2. The molecule has 0 aliphatic heterocycles. The van der Waals surface area contributed by atoms with E-state index in [9.17, 15) is 5.11 Å². The zero-order valence-corrected chi connectivity index (χ0v) is 11.2. The first-order valence-electron chi connectivity index (χ1n) is 6.02. The summed E-state index contributed by atoms with van der Waals surface area (Å²) < 4.78 is 2.07. The van der Waals surface area contributed by atoms with Crippen molar-refractivity contribution < 1.29 is 5.11 Å². The van der Waals surface area contributed by atoms with Gasteiger partial charge in [0.25, 0.3) is 0 Å². The fraction of sp³-hybridized carbons (Fsp3) is 0.133. The molecule has 3 nitrogen and oxygen atoms in total. The molecule has 0 atom stereocenters. The number of fused-ring (bicyclic) bond motifs is 1. The molecular weight excluding hydrogens is 260 g/mol. The normalized spacial score (nSPS) is 11.1. The number of phenols is 1. The van der Waals surface area contributed by atoms with E-state index in [1.807, 2.05) is 37.4 Å². The highest BCUT2D eigenvalue weighted by Gasteiger charge is 2.08. The molecule has 1 N–H and O–H groups in total. The molecule has 0 fully saturated rings. The molecule has 0 radical (unpaired) electrons. The van der Waals surface area contributed by atoms with Gasteiger partial charge in [0.2, 0.25) is 0 Å². The molecule has 0 saturated heterocycles. The number of halogens is 1. The molecule has 0 spiro atoms. The number of phenolic OH excluding ortho intramolecular Hbond substituents is 1. The van der Waals surface area contributed by atoms with Gasteiger partial charge in [-0.15, -0.1) is 0 Å². The minimum atomic E-state index is 0.278. The average molecular weight is 273 g/mol. The van der Waals surface area contributed by atoms with Crippen LogP contribution in [0.3, 0.4) is 0 Å². The molecule has 0 amide bonds. The molecule has 2 aromatic carbocycles. The lowest BCUT2D eigenvalue weighted by Crippen LogP contribution is -1.98. The Bertz CT molecular complexity index is 732. The quantitative estimate of drug-likeness (QED) is 0.775. The van der Waals surface area contributed by atoms with Crippen LogP contribution in [0, 0.1) is 0 Å². The number of rotatable bonds is 2. The summed E-state index contributed by atoms with van der Waals surface area (Å²) in [5.41, 5.74) is 3.09. The Balaban J connectivity index is 2.01. The van der Waals surface area contributed by atoms with Crippen molar-refractivity contribution in [1.82, 2.24) is 9.55 Å². The minimum Gasteiger partial charge on any atom is -0.508 e. The fourth-order valence-electron chi connectivity index (χ4n) is 2.18. The van der Waals surface area contributed by atoms with E-state index in [-0.39, 0.29) is 5.75 Å². The maximum absolute atomic E-state index is 9.29. The largest absolute Gasteiger partial charge is 0.508 e. The van der Waals surface area contributed by atoms with Crippen molar-refractivity contribution in [2.45, 2.75) is 6.42 Å². The van der Waals surface area contributed by atoms with Crippen LogP contribution in [0.5, 0.6) is 5.75 Å². The van der Waals surface area contributed by atoms with E-state index in [1.165, 1.54) is 0 Å². The van der Waals surface area contributed by atoms with Crippen LogP contribution in [-0.4, -0.2) is 14.7 Å². The summed E-state index contributed by atoms with van der Waals surface area (Å²) >= 11 is 5.98. The number of imidazole rings is 1.